The van der Waals surface area contributed by atoms with E-state index in [0.717, 1.165) is 35.3 Å². The molecular weight excluding hydrogens is 242 g/mol. The van der Waals surface area contributed by atoms with Gasteiger partial charge >= 0.3 is 0 Å². The Balaban J connectivity index is 2.04. The zero-order valence-corrected chi connectivity index (χ0v) is 10.9. The summed E-state index contributed by atoms with van der Waals surface area (Å²) in [4.78, 5) is 0. The van der Waals surface area contributed by atoms with Crippen molar-refractivity contribution in [2.75, 3.05) is 11.6 Å². The average Bonchev–Trinajstić information content (AvgIpc) is 2.54. The fraction of sp³-hybridized carbons (Fsp3) is 0.636. The van der Waals surface area contributed by atoms with Crippen LogP contribution in [0, 0.1) is 0 Å². The predicted octanol–water partition coefficient (Wildman–Crippen LogP) is 2.89. The van der Waals surface area contributed by atoms with Gasteiger partial charge in [-0.3, -0.25) is 0 Å². The summed E-state index contributed by atoms with van der Waals surface area (Å²) < 4.78 is 2.25. The molecule has 1 aliphatic heterocycles. The van der Waals surface area contributed by atoms with Gasteiger partial charge in [0, 0.05) is 24.6 Å². The van der Waals surface area contributed by atoms with E-state index in [1.807, 2.05) is 0 Å². The number of rotatable bonds is 4. The van der Waals surface area contributed by atoms with E-state index >= 15 is 0 Å². The first kappa shape index (κ1) is 12.0. The van der Waals surface area contributed by atoms with Gasteiger partial charge in [-0.2, -0.15) is 0 Å². The quantitative estimate of drug-likeness (QED) is 0.472. The minimum absolute atomic E-state index is 0.522. The van der Waals surface area contributed by atoms with Gasteiger partial charge in [0.05, 0.1) is 0 Å². The molecule has 2 rings (SSSR count). The SMILES string of the molecule is C=C(CCl)CSc1nnc2n1CCCCC2. The van der Waals surface area contributed by atoms with Crippen molar-refractivity contribution < 1.29 is 0 Å². The van der Waals surface area contributed by atoms with Gasteiger partial charge in [0.1, 0.15) is 5.82 Å². The Morgan fingerprint density at radius 3 is 3.06 bits per heavy atom. The highest BCUT2D eigenvalue weighted by Crippen LogP contribution is 2.23. The predicted molar refractivity (Wildman–Crippen MR) is 68.2 cm³/mol. The monoisotopic (exact) mass is 257 g/mol. The van der Waals surface area contributed by atoms with Crippen molar-refractivity contribution in [2.24, 2.45) is 0 Å². The first-order chi connectivity index (χ1) is 7.81. The minimum Gasteiger partial charge on any atom is -0.306 e. The van der Waals surface area contributed by atoms with Gasteiger partial charge in [0.25, 0.3) is 0 Å². The fourth-order valence-corrected chi connectivity index (χ4v) is 2.86. The van der Waals surface area contributed by atoms with Crippen molar-refractivity contribution in [3.8, 4) is 0 Å². The van der Waals surface area contributed by atoms with Crippen LogP contribution < -0.4 is 0 Å². The van der Waals surface area contributed by atoms with E-state index in [1.54, 1.807) is 11.8 Å². The second kappa shape index (κ2) is 5.73. The highest BCUT2D eigenvalue weighted by atomic mass is 35.5. The summed E-state index contributed by atoms with van der Waals surface area (Å²) in [6.45, 7) is 4.95. The summed E-state index contributed by atoms with van der Waals surface area (Å²) in [5.74, 6) is 2.49. The summed E-state index contributed by atoms with van der Waals surface area (Å²) in [6.07, 6.45) is 4.82. The average molecular weight is 258 g/mol. The smallest absolute Gasteiger partial charge is 0.191 e. The molecule has 1 aliphatic rings. The molecule has 1 aromatic heterocycles. The van der Waals surface area contributed by atoms with Crippen LogP contribution in [0.1, 0.15) is 25.1 Å². The molecule has 2 heterocycles. The molecule has 0 amide bonds. The summed E-state index contributed by atoms with van der Waals surface area (Å²) in [7, 11) is 0. The molecule has 0 N–H and O–H groups in total. The van der Waals surface area contributed by atoms with Crippen molar-refractivity contribution in [1.29, 1.82) is 0 Å². The van der Waals surface area contributed by atoms with E-state index in [4.69, 9.17) is 11.6 Å². The number of alkyl halides is 1. The summed E-state index contributed by atoms with van der Waals surface area (Å²) >= 11 is 7.39. The van der Waals surface area contributed by atoms with E-state index < -0.39 is 0 Å². The summed E-state index contributed by atoms with van der Waals surface area (Å²) in [5, 5.41) is 9.50. The molecule has 5 heteroatoms. The van der Waals surface area contributed by atoms with Gasteiger partial charge in [0.2, 0.25) is 0 Å². The first-order valence-electron chi connectivity index (χ1n) is 5.58. The zero-order valence-electron chi connectivity index (χ0n) is 9.28. The molecule has 0 aromatic carbocycles. The maximum Gasteiger partial charge on any atom is 0.191 e. The maximum absolute atomic E-state index is 5.71. The molecule has 1 aromatic rings. The summed E-state index contributed by atoms with van der Waals surface area (Å²) in [6, 6.07) is 0. The molecule has 3 nitrogen and oxygen atoms in total. The fourth-order valence-electron chi connectivity index (χ4n) is 1.77. The standard InChI is InChI=1S/C11H16ClN3S/c1-9(7-12)8-16-11-14-13-10-5-3-2-4-6-15(10)11/h1-8H2. The lowest BCUT2D eigenvalue weighted by Crippen LogP contribution is -2.02. The van der Waals surface area contributed by atoms with Crippen LogP contribution in [0.2, 0.25) is 0 Å². The van der Waals surface area contributed by atoms with Crippen LogP contribution in [-0.4, -0.2) is 26.4 Å². The van der Waals surface area contributed by atoms with E-state index in [-0.39, 0.29) is 0 Å². The van der Waals surface area contributed by atoms with E-state index in [1.165, 1.54) is 19.3 Å². The Morgan fingerprint density at radius 1 is 1.38 bits per heavy atom. The molecule has 0 saturated carbocycles. The molecule has 0 bridgehead atoms. The largest absolute Gasteiger partial charge is 0.306 e. The number of thioether (sulfide) groups is 1. The Morgan fingerprint density at radius 2 is 2.25 bits per heavy atom. The van der Waals surface area contributed by atoms with Crippen LogP contribution in [0.3, 0.4) is 0 Å². The van der Waals surface area contributed by atoms with Gasteiger partial charge in [-0.05, 0) is 12.8 Å². The molecule has 0 atom stereocenters. The van der Waals surface area contributed by atoms with Crippen LogP contribution in [0.15, 0.2) is 17.3 Å². The van der Waals surface area contributed by atoms with Gasteiger partial charge in [-0.1, -0.05) is 30.3 Å². The summed E-state index contributed by atoms with van der Waals surface area (Å²) in [5.41, 5.74) is 1.04. The Kier molecular flexibility index (Phi) is 4.29. The van der Waals surface area contributed by atoms with Gasteiger partial charge in [-0.15, -0.1) is 21.8 Å². The zero-order chi connectivity index (χ0) is 11.4. The third kappa shape index (κ3) is 2.80. The van der Waals surface area contributed by atoms with Crippen molar-refractivity contribution in [2.45, 2.75) is 37.4 Å². The highest BCUT2D eigenvalue weighted by molar-refractivity contribution is 7.99. The highest BCUT2D eigenvalue weighted by Gasteiger charge is 2.14. The van der Waals surface area contributed by atoms with Crippen LogP contribution in [-0.2, 0) is 13.0 Å². The minimum atomic E-state index is 0.522. The number of fused-ring (bicyclic) bond motifs is 1. The molecule has 16 heavy (non-hydrogen) atoms. The molecule has 0 fully saturated rings. The second-order valence-electron chi connectivity index (χ2n) is 4.03. The Labute approximate surface area is 105 Å². The van der Waals surface area contributed by atoms with Crippen molar-refractivity contribution in [3.05, 3.63) is 18.0 Å². The maximum atomic E-state index is 5.71. The van der Waals surface area contributed by atoms with Crippen LogP contribution >= 0.6 is 23.4 Å². The molecular formula is C11H16ClN3S. The lowest BCUT2D eigenvalue weighted by molar-refractivity contribution is 0.591. The lowest BCUT2D eigenvalue weighted by Gasteiger charge is -2.06. The number of aryl methyl sites for hydroxylation is 1. The van der Waals surface area contributed by atoms with Crippen molar-refractivity contribution >= 4 is 23.4 Å². The molecule has 0 spiro atoms. The van der Waals surface area contributed by atoms with Gasteiger partial charge in [0.15, 0.2) is 5.16 Å². The van der Waals surface area contributed by atoms with Gasteiger partial charge in [-0.25, -0.2) is 0 Å². The van der Waals surface area contributed by atoms with Crippen LogP contribution in [0.4, 0.5) is 0 Å². The van der Waals surface area contributed by atoms with E-state index in [9.17, 15) is 0 Å². The number of aromatic nitrogens is 3. The molecule has 0 aliphatic carbocycles. The third-order valence-electron chi connectivity index (χ3n) is 2.67. The molecule has 0 radical (unpaired) electrons. The van der Waals surface area contributed by atoms with Crippen LogP contribution in [0.5, 0.6) is 0 Å². The Bertz CT molecular complexity index is 375. The number of nitrogens with zero attached hydrogens (tertiary/aromatic N) is 3. The third-order valence-corrected chi connectivity index (χ3v) is 4.16. The van der Waals surface area contributed by atoms with Gasteiger partial charge < -0.3 is 4.57 Å². The Hall–Kier alpha value is -0.480. The van der Waals surface area contributed by atoms with Crippen molar-refractivity contribution in [1.82, 2.24) is 14.8 Å². The van der Waals surface area contributed by atoms with E-state index in [2.05, 4.69) is 21.3 Å². The van der Waals surface area contributed by atoms with Crippen LogP contribution in [0.25, 0.3) is 0 Å². The lowest BCUT2D eigenvalue weighted by atomic mass is 10.2. The number of hydrogen-bond acceptors (Lipinski definition) is 3. The first-order valence-corrected chi connectivity index (χ1v) is 7.11. The topological polar surface area (TPSA) is 30.7 Å². The second-order valence-corrected chi connectivity index (χ2v) is 5.24. The molecule has 0 saturated heterocycles. The number of halogens is 1. The molecule has 0 unspecified atom stereocenters. The number of hydrogen-bond donors (Lipinski definition) is 0. The molecule has 88 valence electrons. The van der Waals surface area contributed by atoms with E-state index in [0.29, 0.717) is 5.88 Å². The normalized spacial score (nSPS) is 15.6. The van der Waals surface area contributed by atoms with Crippen molar-refractivity contribution in [3.63, 3.8) is 0 Å².